The minimum Gasteiger partial charge on any atom is -0.487 e. The number of para-hydroxylation sites is 1. The fraction of sp³-hybridized carbons (Fsp3) is 0.533. The van der Waals surface area contributed by atoms with Gasteiger partial charge in [-0.15, -0.1) is 0 Å². The van der Waals surface area contributed by atoms with Crippen LogP contribution in [0.1, 0.15) is 37.9 Å². The Morgan fingerprint density at radius 1 is 1.55 bits per heavy atom. The summed E-state index contributed by atoms with van der Waals surface area (Å²) in [5.41, 5.74) is 7.62. The van der Waals surface area contributed by atoms with E-state index in [1.165, 1.54) is 0 Å². The molecule has 1 amide bonds. The number of carbonyl (C=O) groups is 1. The standard InChI is InChI=1S/C15H22N2O3/c1-4-19-14(18)17-12(9-16)11-7-5-6-10-8-15(2,3)20-13(10)11/h5-7,12H,4,8-9,16H2,1-3H3,(H,17,18). The highest BCUT2D eigenvalue weighted by molar-refractivity contribution is 5.68. The molecule has 1 heterocycles. The predicted octanol–water partition coefficient (Wildman–Crippen LogP) is 2.15. The minimum absolute atomic E-state index is 0.221. The molecule has 2 rings (SSSR count). The summed E-state index contributed by atoms with van der Waals surface area (Å²) in [4.78, 5) is 11.6. The zero-order valence-corrected chi connectivity index (χ0v) is 12.2. The highest BCUT2D eigenvalue weighted by Crippen LogP contribution is 2.39. The average molecular weight is 278 g/mol. The fourth-order valence-electron chi connectivity index (χ4n) is 2.49. The first kappa shape index (κ1) is 14.7. The van der Waals surface area contributed by atoms with Crippen molar-refractivity contribution in [3.05, 3.63) is 29.3 Å². The monoisotopic (exact) mass is 278 g/mol. The number of benzene rings is 1. The summed E-state index contributed by atoms with van der Waals surface area (Å²) >= 11 is 0. The van der Waals surface area contributed by atoms with E-state index in [1.807, 2.05) is 32.0 Å². The van der Waals surface area contributed by atoms with Crippen LogP contribution in [0.4, 0.5) is 4.79 Å². The highest BCUT2D eigenvalue weighted by atomic mass is 16.5. The molecule has 0 saturated heterocycles. The van der Waals surface area contributed by atoms with Crippen LogP contribution < -0.4 is 15.8 Å². The van der Waals surface area contributed by atoms with Crippen molar-refractivity contribution in [1.29, 1.82) is 0 Å². The Morgan fingerprint density at radius 2 is 2.30 bits per heavy atom. The number of hydrogen-bond donors (Lipinski definition) is 2. The molecule has 1 aromatic rings. The van der Waals surface area contributed by atoms with Crippen molar-refractivity contribution in [3.63, 3.8) is 0 Å². The van der Waals surface area contributed by atoms with Gasteiger partial charge in [0.05, 0.1) is 12.6 Å². The molecule has 110 valence electrons. The van der Waals surface area contributed by atoms with Gasteiger partial charge in [-0.05, 0) is 26.3 Å². The van der Waals surface area contributed by atoms with Crippen LogP contribution in [-0.2, 0) is 11.2 Å². The summed E-state index contributed by atoms with van der Waals surface area (Å²) in [6, 6.07) is 5.64. The zero-order valence-electron chi connectivity index (χ0n) is 12.2. The molecule has 5 heteroatoms. The summed E-state index contributed by atoms with van der Waals surface area (Å²) in [6.07, 6.45) is 0.394. The van der Waals surface area contributed by atoms with Crippen molar-refractivity contribution >= 4 is 6.09 Å². The summed E-state index contributed by atoms with van der Waals surface area (Å²) in [7, 11) is 0. The Labute approximate surface area is 119 Å². The molecule has 1 aliphatic rings. The second-order valence-electron chi connectivity index (χ2n) is 5.53. The van der Waals surface area contributed by atoms with E-state index in [2.05, 4.69) is 5.32 Å². The van der Waals surface area contributed by atoms with E-state index in [9.17, 15) is 4.79 Å². The second kappa shape index (κ2) is 5.71. The third-order valence-corrected chi connectivity index (χ3v) is 3.30. The molecule has 0 aliphatic carbocycles. The summed E-state index contributed by atoms with van der Waals surface area (Å²) in [5, 5.41) is 2.77. The lowest BCUT2D eigenvalue weighted by molar-refractivity contribution is 0.135. The molecule has 0 fully saturated rings. The topological polar surface area (TPSA) is 73.6 Å². The maximum absolute atomic E-state index is 11.6. The summed E-state index contributed by atoms with van der Waals surface area (Å²) in [6.45, 7) is 6.49. The van der Waals surface area contributed by atoms with Crippen molar-refractivity contribution in [1.82, 2.24) is 5.32 Å². The van der Waals surface area contributed by atoms with Crippen molar-refractivity contribution < 1.29 is 14.3 Å². The lowest BCUT2D eigenvalue weighted by atomic mass is 9.98. The van der Waals surface area contributed by atoms with Crippen LogP contribution in [0.3, 0.4) is 0 Å². The van der Waals surface area contributed by atoms with Gasteiger partial charge in [-0.2, -0.15) is 0 Å². The maximum atomic E-state index is 11.6. The molecule has 3 N–H and O–H groups in total. The molecule has 1 aromatic carbocycles. The lowest BCUT2D eigenvalue weighted by Gasteiger charge is -2.22. The van der Waals surface area contributed by atoms with Crippen LogP contribution in [0, 0.1) is 0 Å². The molecule has 5 nitrogen and oxygen atoms in total. The Bertz CT molecular complexity index is 500. The van der Waals surface area contributed by atoms with Gasteiger partial charge in [0.2, 0.25) is 0 Å². The first-order valence-electron chi connectivity index (χ1n) is 6.91. The number of nitrogens with one attached hydrogen (secondary N) is 1. The van der Waals surface area contributed by atoms with Gasteiger partial charge in [0.15, 0.2) is 0 Å². The third-order valence-electron chi connectivity index (χ3n) is 3.30. The third kappa shape index (κ3) is 3.04. The van der Waals surface area contributed by atoms with Crippen LogP contribution in [0.5, 0.6) is 5.75 Å². The Kier molecular flexibility index (Phi) is 4.18. The first-order chi connectivity index (χ1) is 9.46. The molecule has 0 bridgehead atoms. The van der Waals surface area contributed by atoms with E-state index in [0.717, 1.165) is 23.3 Å². The minimum atomic E-state index is -0.460. The van der Waals surface area contributed by atoms with E-state index in [4.69, 9.17) is 15.2 Å². The number of alkyl carbamates (subject to hydrolysis) is 1. The van der Waals surface area contributed by atoms with Crippen LogP contribution in [-0.4, -0.2) is 24.8 Å². The van der Waals surface area contributed by atoms with Gasteiger partial charge < -0.3 is 20.5 Å². The van der Waals surface area contributed by atoms with Crippen LogP contribution in [0.2, 0.25) is 0 Å². The molecular weight excluding hydrogens is 256 g/mol. The normalized spacial score (nSPS) is 17.0. The van der Waals surface area contributed by atoms with Crippen molar-refractivity contribution in [2.24, 2.45) is 5.73 Å². The van der Waals surface area contributed by atoms with Gasteiger partial charge in [-0.25, -0.2) is 4.79 Å². The molecule has 0 saturated carbocycles. The lowest BCUT2D eigenvalue weighted by Crippen LogP contribution is -2.34. The summed E-state index contributed by atoms with van der Waals surface area (Å²) in [5.74, 6) is 0.838. The van der Waals surface area contributed by atoms with E-state index in [-0.39, 0.29) is 11.6 Å². The number of ether oxygens (including phenoxy) is 2. The van der Waals surface area contributed by atoms with Crippen LogP contribution >= 0.6 is 0 Å². The number of amides is 1. The number of carbonyl (C=O) groups excluding carboxylic acids is 1. The maximum Gasteiger partial charge on any atom is 0.407 e. The van der Waals surface area contributed by atoms with Crippen molar-refractivity contribution in [3.8, 4) is 5.75 Å². The van der Waals surface area contributed by atoms with Gasteiger partial charge in [0, 0.05) is 18.5 Å². The van der Waals surface area contributed by atoms with E-state index in [1.54, 1.807) is 6.92 Å². The highest BCUT2D eigenvalue weighted by Gasteiger charge is 2.33. The molecule has 0 aromatic heterocycles. The Balaban J connectivity index is 2.24. The molecule has 0 radical (unpaired) electrons. The largest absolute Gasteiger partial charge is 0.487 e. The molecule has 1 aliphatic heterocycles. The molecule has 20 heavy (non-hydrogen) atoms. The van der Waals surface area contributed by atoms with Crippen LogP contribution in [0.15, 0.2) is 18.2 Å². The number of hydrogen-bond acceptors (Lipinski definition) is 4. The number of fused-ring (bicyclic) bond motifs is 1. The average Bonchev–Trinajstić information content (AvgIpc) is 2.70. The molecule has 1 unspecified atom stereocenters. The smallest absolute Gasteiger partial charge is 0.407 e. The molecular formula is C15H22N2O3. The van der Waals surface area contributed by atoms with Crippen molar-refractivity contribution in [2.45, 2.75) is 38.8 Å². The first-order valence-corrected chi connectivity index (χ1v) is 6.91. The van der Waals surface area contributed by atoms with Gasteiger partial charge in [-0.1, -0.05) is 18.2 Å². The van der Waals surface area contributed by atoms with Gasteiger partial charge >= 0.3 is 6.09 Å². The SMILES string of the molecule is CCOC(=O)NC(CN)c1cccc2c1OC(C)(C)C2. The van der Waals surface area contributed by atoms with Gasteiger partial charge in [0.25, 0.3) is 0 Å². The number of nitrogens with two attached hydrogens (primary N) is 1. The quantitative estimate of drug-likeness (QED) is 0.885. The second-order valence-corrected chi connectivity index (χ2v) is 5.53. The fourth-order valence-corrected chi connectivity index (χ4v) is 2.49. The van der Waals surface area contributed by atoms with E-state index >= 15 is 0 Å². The Morgan fingerprint density at radius 3 is 2.95 bits per heavy atom. The molecule has 1 atom stereocenters. The zero-order chi connectivity index (χ0) is 14.8. The number of rotatable bonds is 4. The Hall–Kier alpha value is -1.75. The predicted molar refractivity (Wildman–Crippen MR) is 76.8 cm³/mol. The summed E-state index contributed by atoms with van der Waals surface area (Å²) < 4.78 is 10.9. The van der Waals surface area contributed by atoms with Gasteiger partial charge in [0.1, 0.15) is 11.4 Å². The van der Waals surface area contributed by atoms with E-state index in [0.29, 0.717) is 13.2 Å². The van der Waals surface area contributed by atoms with Crippen LogP contribution in [0.25, 0.3) is 0 Å². The van der Waals surface area contributed by atoms with E-state index < -0.39 is 6.09 Å². The van der Waals surface area contributed by atoms with Gasteiger partial charge in [-0.3, -0.25) is 0 Å². The van der Waals surface area contributed by atoms with Crippen molar-refractivity contribution in [2.75, 3.05) is 13.2 Å². The molecule has 0 spiro atoms.